The molecule has 0 radical (unpaired) electrons. The van der Waals surface area contributed by atoms with Crippen molar-refractivity contribution in [2.24, 2.45) is 5.92 Å². The second-order valence-electron chi connectivity index (χ2n) is 7.63. The zero-order valence-electron chi connectivity index (χ0n) is 14.6. The fraction of sp³-hybridized carbons (Fsp3) is 0.765. The second-order valence-corrected chi connectivity index (χ2v) is 8.57. The number of hydrogen-bond donors (Lipinski definition) is 0. The van der Waals surface area contributed by atoms with Gasteiger partial charge in [-0.1, -0.05) is 34.6 Å². The summed E-state index contributed by atoms with van der Waals surface area (Å²) in [5, 5.41) is 3.37. The van der Waals surface area contributed by atoms with E-state index >= 15 is 0 Å². The number of rotatable bonds is 4. The van der Waals surface area contributed by atoms with Crippen molar-refractivity contribution in [3.05, 3.63) is 16.1 Å². The van der Waals surface area contributed by atoms with Crippen LogP contribution in [-0.2, 0) is 16.8 Å². The molecule has 22 heavy (non-hydrogen) atoms. The molecule has 1 fully saturated rings. The van der Waals surface area contributed by atoms with Crippen molar-refractivity contribution in [2.45, 2.75) is 53.0 Å². The Morgan fingerprint density at radius 2 is 1.91 bits per heavy atom. The van der Waals surface area contributed by atoms with E-state index in [0.29, 0.717) is 18.2 Å². The number of carbonyl (C=O) groups excluding carboxylic acids is 1. The molecule has 5 heteroatoms. The number of nitrogens with zero attached hydrogens (tertiary/aromatic N) is 3. The molecule has 0 aliphatic carbocycles. The monoisotopic (exact) mass is 323 g/mol. The van der Waals surface area contributed by atoms with Gasteiger partial charge in [-0.3, -0.25) is 9.69 Å². The van der Waals surface area contributed by atoms with Crippen LogP contribution in [0.15, 0.2) is 5.38 Å². The smallest absolute Gasteiger partial charge is 0.222 e. The van der Waals surface area contributed by atoms with Crippen molar-refractivity contribution in [3.63, 3.8) is 0 Å². The van der Waals surface area contributed by atoms with Crippen molar-refractivity contribution in [1.82, 2.24) is 14.8 Å². The molecule has 0 N–H and O–H groups in total. The highest BCUT2D eigenvalue weighted by Crippen LogP contribution is 2.24. The van der Waals surface area contributed by atoms with Gasteiger partial charge in [0.2, 0.25) is 5.91 Å². The van der Waals surface area contributed by atoms with Gasteiger partial charge in [0.05, 0.1) is 12.2 Å². The molecule has 1 aromatic rings. The molecule has 0 spiro atoms. The number of carbonyl (C=O) groups is 1. The van der Waals surface area contributed by atoms with E-state index in [-0.39, 0.29) is 5.41 Å². The Hall–Kier alpha value is -0.940. The van der Waals surface area contributed by atoms with E-state index in [4.69, 9.17) is 4.98 Å². The van der Waals surface area contributed by atoms with Crippen LogP contribution in [0.2, 0.25) is 0 Å². The third-order valence-electron chi connectivity index (χ3n) is 3.99. The van der Waals surface area contributed by atoms with Crippen LogP contribution >= 0.6 is 11.3 Å². The zero-order valence-corrected chi connectivity index (χ0v) is 15.4. The summed E-state index contributed by atoms with van der Waals surface area (Å²) in [4.78, 5) is 21.3. The summed E-state index contributed by atoms with van der Waals surface area (Å²) in [5.74, 6) is 0.746. The third-order valence-corrected chi connectivity index (χ3v) is 4.82. The van der Waals surface area contributed by atoms with Gasteiger partial charge in [0.1, 0.15) is 5.01 Å². The van der Waals surface area contributed by atoms with Gasteiger partial charge in [0.15, 0.2) is 0 Å². The lowest BCUT2D eigenvalue weighted by molar-refractivity contribution is -0.133. The molecule has 1 saturated heterocycles. The maximum Gasteiger partial charge on any atom is 0.222 e. The average Bonchev–Trinajstić information content (AvgIpc) is 2.87. The quantitative estimate of drug-likeness (QED) is 0.854. The van der Waals surface area contributed by atoms with Crippen LogP contribution in [0.3, 0.4) is 0 Å². The lowest BCUT2D eigenvalue weighted by atomic mass is 9.93. The van der Waals surface area contributed by atoms with Crippen LogP contribution in [0, 0.1) is 5.92 Å². The largest absolute Gasteiger partial charge is 0.340 e. The Labute approximate surface area is 138 Å². The molecule has 0 unspecified atom stereocenters. The topological polar surface area (TPSA) is 36.4 Å². The molecule has 0 bridgehead atoms. The molecule has 2 rings (SSSR count). The second kappa shape index (κ2) is 7.09. The Balaban J connectivity index is 1.82. The first kappa shape index (κ1) is 17.4. The molecule has 0 atom stereocenters. The van der Waals surface area contributed by atoms with Gasteiger partial charge in [-0.2, -0.15) is 0 Å². The van der Waals surface area contributed by atoms with Crippen molar-refractivity contribution in [1.29, 1.82) is 0 Å². The lowest BCUT2D eigenvalue weighted by Crippen LogP contribution is -2.48. The van der Waals surface area contributed by atoms with Gasteiger partial charge in [-0.05, 0) is 5.92 Å². The first-order valence-electron chi connectivity index (χ1n) is 8.20. The van der Waals surface area contributed by atoms with E-state index in [1.807, 2.05) is 4.90 Å². The van der Waals surface area contributed by atoms with Crippen molar-refractivity contribution < 1.29 is 4.79 Å². The van der Waals surface area contributed by atoms with Gasteiger partial charge in [0.25, 0.3) is 0 Å². The molecule has 0 aromatic carbocycles. The van der Waals surface area contributed by atoms with E-state index < -0.39 is 0 Å². The van der Waals surface area contributed by atoms with Gasteiger partial charge in [0, 0.05) is 43.4 Å². The summed E-state index contributed by atoms with van der Waals surface area (Å²) in [5.41, 5.74) is 1.30. The first-order chi connectivity index (χ1) is 10.3. The highest BCUT2D eigenvalue weighted by molar-refractivity contribution is 7.09. The SMILES string of the molecule is CC(C)CC(=O)N1CCN(Cc2nc(C(C)(C)C)cs2)CC1. The van der Waals surface area contributed by atoms with Crippen LogP contribution < -0.4 is 0 Å². The number of aromatic nitrogens is 1. The van der Waals surface area contributed by atoms with Crippen molar-refractivity contribution >= 4 is 17.2 Å². The molecule has 2 heterocycles. The highest BCUT2D eigenvalue weighted by atomic mass is 32.1. The van der Waals surface area contributed by atoms with Crippen molar-refractivity contribution in [2.75, 3.05) is 26.2 Å². The van der Waals surface area contributed by atoms with E-state index in [2.05, 4.69) is 44.9 Å². The molecule has 0 saturated carbocycles. The lowest BCUT2D eigenvalue weighted by Gasteiger charge is -2.34. The molecular formula is C17H29N3OS. The van der Waals surface area contributed by atoms with Crippen LogP contribution in [-0.4, -0.2) is 46.9 Å². The summed E-state index contributed by atoms with van der Waals surface area (Å²) in [6.07, 6.45) is 0.668. The molecule has 1 aromatic heterocycles. The number of amides is 1. The number of hydrogen-bond acceptors (Lipinski definition) is 4. The third kappa shape index (κ3) is 4.78. The van der Waals surface area contributed by atoms with Crippen LogP contribution in [0.4, 0.5) is 0 Å². The fourth-order valence-electron chi connectivity index (χ4n) is 2.55. The van der Waals surface area contributed by atoms with E-state index in [1.165, 1.54) is 10.7 Å². The maximum atomic E-state index is 12.1. The molecule has 1 aliphatic rings. The summed E-state index contributed by atoms with van der Waals surface area (Å²) in [6.45, 7) is 15.3. The average molecular weight is 324 g/mol. The Bertz CT molecular complexity index is 496. The standard InChI is InChI=1S/C17H29N3OS/c1-13(2)10-16(21)20-8-6-19(7-9-20)11-15-18-14(12-22-15)17(3,4)5/h12-13H,6-11H2,1-5H3. The van der Waals surface area contributed by atoms with E-state index in [1.54, 1.807) is 11.3 Å². The summed E-state index contributed by atoms with van der Waals surface area (Å²) in [6, 6.07) is 0. The molecule has 1 amide bonds. The minimum absolute atomic E-state index is 0.122. The highest BCUT2D eigenvalue weighted by Gasteiger charge is 2.23. The van der Waals surface area contributed by atoms with Crippen LogP contribution in [0.25, 0.3) is 0 Å². The number of piperazine rings is 1. The van der Waals surface area contributed by atoms with E-state index in [0.717, 1.165) is 32.7 Å². The molecule has 124 valence electrons. The van der Waals surface area contributed by atoms with Gasteiger partial charge in [-0.15, -0.1) is 11.3 Å². The predicted molar refractivity (Wildman–Crippen MR) is 92.1 cm³/mol. The summed E-state index contributed by atoms with van der Waals surface area (Å²) < 4.78 is 0. The van der Waals surface area contributed by atoms with E-state index in [9.17, 15) is 4.79 Å². The first-order valence-corrected chi connectivity index (χ1v) is 9.08. The number of thiazole rings is 1. The summed E-state index contributed by atoms with van der Waals surface area (Å²) in [7, 11) is 0. The van der Waals surface area contributed by atoms with Gasteiger partial charge in [-0.25, -0.2) is 4.98 Å². The normalized spacial score (nSPS) is 17.3. The van der Waals surface area contributed by atoms with Crippen LogP contribution in [0.1, 0.15) is 51.7 Å². The Kier molecular flexibility index (Phi) is 5.61. The van der Waals surface area contributed by atoms with Crippen molar-refractivity contribution in [3.8, 4) is 0 Å². The Morgan fingerprint density at radius 1 is 1.27 bits per heavy atom. The summed E-state index contributed by atoms with van der Waals surface area (Å²) >= 11 is 1.75. The molecule has 4 nitrogen and oxygen atoms in total. The minimum atomic E-state index is 0.122. The molecule has 1 aliphatic heterocycles. The minimum Gasteiger partial charge on any atom is -0.340 e. The molecular weight excluding hydrogens is 294 g/mol. The fourth-order valence-corrected chi connectivity index (χ4v) is 3.62. The van der Waals surface area contributed by atoms with Gasteiger partial charge < -0.3 is 4.90 Å². The van der Waals surface area contributed by atoms with Gasteiger partial charge >= 0.3 is 0 Å². The maximum absolute atomic E-state index is 12.1. The van der Waals surface area contributed by atoms with Crippen LogP contribution in [0.5, 0.6) is 0 Å². The zero-order chi connectivity index (χ0) is 16.3. The Morgan fingerprint density at radius 3 is 2.41 bits per heavy atom. The predicted octanol–water partition coefficient (Wildman–Crippen LogP) is 3.13.